The first-order valence-corrected chi connectivity index (χ1v) is 17.6. The number of hydrogen-bond acceptors (Lipinski definition) is 2. The van der Waals surface area contributed by atoms with E-state index in [9.17, 15) is 0 Å². The third kappa shape index (κ3) is 5.21. The third-order valence-corrected chi connectivity index (χ3v) is 14.8. The van der Waals surface area contributed by atoms with Gasteiger partial charge in [0, 0.05) is 36.4 Å². The summed E-state index contributed by atoms with van der Waals surface area (Å²) in [6, 6.07) is 21.0. The Labute approximate surface area is 243 Å². The molecule has 1 spiro atoms. The number of nitrogens with one attached hydrogen (secondary N) is 1. The van der Waals surface area contributed by atoms with Crippen LogP contribution in [0.1, 0.15) is 70.9 Å². The Morgan fingerprint density at radius 1 is 1.08 bits per heavy atom. The molecule has 3 aliphatic rings. The molecule has 1 fully saturated rings. The Morgan fingerprint density at radius 2 is 1.79 bits per heavy atom. The van der Waals surface area contributed by atoms with Gasteiger partial charge in [0.25, 0.3) is 0 Å². The van der Waals surface area contributed by atoms with Gasteiger partial charge in [-0.15, -0.1) is 0 Å². The number of nitrogens with zero attached hydrogens (tertiary/aromatic N) is 1. The summed E-state index contributed by atoms with van der Waals surface area (Å²) >= 11 is 0. The molecule has 0 radical (unpaired) electrons. The molecule has 5 rings (SSSR count). The van der Waals surface area contributed by atoms with Crippen molar-refractivity contribution in [1.82, 2.24) is 0 Å². The van der Waals surface area contributed by atoms with Gasteiger partial charge < -0.3 is 31.2 Å². The zero-order valence-corrected chi connectivity index (χ0v) is 27.1. The molecule has 1 N–H and O–H groups in total. The molecule has 5 heteroatoms. The van der Waals surface area contributed by atoms with Gasteiger partial charge >= 0.3 is 0 Å². The molecule has 2 aromatic carbocycles. The van der Waals surface area contributed by atoms with Crippen LogP contribution in [-0.2, 0) is 16.4 Å². The van der Waals surface area contributed by atoms with E-state index >= 15 is 0 Å². The first-order chi connectivity index (χ1) is 17.6. The van der Waals surface area contributed by atoms with Crippen LogP contribution in [0.25, 0.3) is 0 Å². The standard InChI is InChI=1S/C33H49N2OSi.BrH/c1-7-8-14-27(25-36-37(5,6)32(2,3)4)23-31-33-20-22-35(31,24-26-15-10-9-11-16-26)21-19-30(33)34-29-18-13-12-17-28(29)33;/h9-13,15-19,27,31,34H,7-8,14,20-25H2,1-6H3;1H/q+1;/p-1. The van der Waals surface area contributed by atoms with Crippen molar-refractivity contribution in [3.05, 3.63) is 77.5 Å². The summed E-state index contributed by atoms with van der Waals surface area (Å²) in [5.74, 6) is 0.606. The van der Waals surface area contributed by atoms with E-state index in [4.69, 9.17) is 4.43 Å². The monoisotopic (exact) mass is 596 g/mol. The van der Waals surface area contributed by atoms with Crippen LogP contribution >= 0.6 is 0 Å². The first kappa shape index (κ1) is 29.6. The molecule has 3 aliphatic heterocycles. The van der Waals surface area contributed by atoms with Crippen LogP contribution in [0.5, 0.6) is 0 Å². The number of halogens is 1. The topological polar surface area (TPSA) is 21.3 Å². The van der Waals surface area contributed by atoms with Crippen molar-refractivity contribution in [3.8, 4) is 0 Å². The highest BCUT2D eigenvalue weighted by molar-refractivity contribution is 6.74. The van der Waals surface area contributed by atoms with Gasteiger partial charge in [0.2, 0.25) is 0 Å². The minimum atomic E-state index is -1.79. The lowest BCUT2D eigenvalue weighted by Gasteiger charge is -2.48. The van der Waals surface area contributed by atoms with Gasteiger partial charge in [0.05, 0.1) is 18.5 Å². The summed E-state index contributed by atoms with van der Waals surface area (Å²) in [7, 11) is -1.79. The van der Waals surface area contributed by atoms with E-state index in [2.05, 4.69) is 107 Å². The fourth-order valence-corrected chi connectivity index (χ4v) is 8.26. The lowest BCUT2D eigenvalue weighted by molar-refractivity contribution is -0.950. The lowest BCUT2D eigenvalue weighted by Crippen LogP contribution is -3.00. The third-order valence-electron chi connectivity index (χ3n) is 10.3. The molecule has 2 bridgehead atoms. The summed E-state index contributed by atoms with van der Waals surface area (Å²) in [5.41, 5.74) is 5.95. The predicted octanol–water partition coefficient (Wildman–Crippen LogP) is 5.26. The van der Waals surface area contributed by atoms with Gasteiger partial charge in [0.15, 0.2) is 8.32 Å². The van der Waals surface area contributed by atoms with Crippen LogP contribution in [-0.4, -0.2) is 38.5 Å². The Kier molecular flexibility index (Phi) is 8.74. The largest absolute Gasteiger partial charge is 1.00 e. The molecule has 1 saturated heterocycles. The van der Waals surface area contributed by atoms with E-state index in [0.29, 0.717) is 12.0 Å². The molecule has 4 unspecified atom stereocenters. The van der Waals surface area contributed by atoms with Crippen LogP contribution in [0.4, 0.5) is 5.69 Å². The number of benzene rings is 2. The zero-order valence-electron chi connectivity index (χ0n) is 24.5. The maximum atomic E-state index is 6.92. The number of unbranched alkanes of at least 4 members (excludes halogenated alkanes) is 1. The quantitative estimate of drug-likeness (QED) is 0.298. The number of fused-ring (bicyclic) bond motifs is 2. The van der Waals surface area contributed by atoms with Crippen molar-refractivity contribution < 1.29 is 25.9 Å². The van der Waals surface area contributed by atoms with E-state index in [1.54, 1.807) is 5.56 Å². The highest BCUT2D eigenvalue weighted by Crippen LogP contribution is 2.59. The van der Waals surface area contributed by atoms with Crippen LogP contribution in [0, 0.1) is 5.92 Å². The normalized spacial score (nSPS) is 26.6. The first-order valence-electron chi connectivity index (χ1n) is 14.7. The minimum absolute atomic E-state index is 0. The Balaban J connectivity index is 0.00000336. The second kappa shape index (κ2) is 11.2. The van der Waals surface area contributed by atoms with E-state index in [1.807, 2.05) is 0 Å². The summed E-state index contributed by atoms with van der Waals surface area (Å²) in [6.45, 7) is 18.7. The van der Waals surface area contributed by atoms with Crippen molar-refractivity contribution in [1.29, 1.82) is 0 Å². The second-order valence-corrected chi connectivity index (χ2v) is 18.4. The zero-order chi connectivity index (χ0) is 26.3. The number of quaternary nitrogens is 1. The van der Waals surface area contributed by atoms with E-state index in [-0.39, 0.29) is 27.4 Å². The summed E-state index contributed by atoms with van der Waals surface area (Å²) in [6.07, 6.45) is 8.86. The average molecular weight is 598 g/mol. The molecule has 38 heavy (non-hydrogen) atoms. The number of rotatable bonds is 10. The van der Waals surface area contributed by atoms with Gasteiger partial charge in [-0.1, -0.05) is 89.1 Å². The fraction of sp³-hybridized carbons (Fsp3) is 0.576. The van der Waals surface area contributed by atoms with Crippen LogP contribution in [0.3, 0.4) is 0 Å². The molecule has 0 saturated carbocycles. The molecule has 3 heterocycles. The smallest absolute Gasteiger partial charge is 0.191 e. The summed E-state index contributed by atoms with van der Waals surface area (Å²) < 4.78 is 8.10. The highest BCUT2D eigenvalue weighted by Gasteiger charge is 2.65. The Hall–Kier alpha value is -1.40. The van der Waals surface area contributed by atoms with E-state index in [1.165, 1.54) is 60.1 Å². The van der Waals surface area contributed by atoms with E-state index in [0.717, 1.165) is 19.7 Å². The number of anilines is 1. The van der Waals surface area contributed by atoms with Gasteiger partial charge in [-0.3, -0.25) is 0 Å². The van der Waals surface area contributed by atoms with Crippen molar-refractivity contribution in [3.63, 3.8) is 0 Å². The van der Waals surface area contributed by atoms with Crippen LogP contribution in [0.2, 0.25) is 18.1 Å². The maximum Gasteiger partial charge on any atom is 0.191 e. The van der Waals surface area contributed by atoms with Crippen molar-refractivity contribution in [2.75, 3.05) is 25.0 Å². The molecule has 208 valence electrons. The van der Waals surface area contributed by atoms with Gasteiger partial charge in [-0.25, -0.2) is 0 Å². The predicted molar refractivity (Wildman–Crippen MR) is 159 cm³/mol. The van der Waals surface area contributed by atoms with Crippen molar-refractivity contribution in [2.45, 2.75) is 95.9 Å². The number of hydrogen-bond donors (Lipinski definition) is 1. The average Bonchev–Trinajstić information content (AvgIpc) is 3.30. The molecule has 2 aromatic rings. The van der Waals surface area contributed by atoms with Gasteiger partial charge in [-0.2, -0.15) is 0 Å². The minimum Gasteiger partial charge on any atom is -1.00 e. The van der Waals surface area contributed by atoms with Crippen LogP contribution in [0.15, 0.2) is 66.4 Å². The second-order valence-electron chi connectivity index (χ2n) is 13.6. The lowest BCUT2D eigenvalue weighted by atomic mass is 9.69. The maximum absolute atomic E-state index is 6.92. The van der Waals surface area contributed by atoms with Gasteiger partial charge in [-0.05, 0) is 48.2 Å². The van der Waals surface area contributed by atoms with Gasteiger partial charge in [0.1, 0.15) is 12.6 Å². The van der Waals surface area contributed by atoms with Crippen molar-refractivity contribution in [2.24, 2.45) is 5.92 Å². The summed E-state index contributed by atoms with van der Waals surface area (Å²) in [5, 5.41) is 4.13. The highest BCUT2D eigenvalue weighted by atomic mass is 79.9. The number of para-hydroxylation sites is 1. The SMILES string of the molecule is CCCCC(CO[Si](C)(C)C(C)(C)C)CC1C23CC[N+]1(Cc1ccccc1)CC=C2Nc1ccccc13.[Br-]. The Morgan fingerprint density at radius 3 is 2.50 bits per heavy atom. The molecular weight excluding hydrogens is 548 g/mol. The Bertz CT molecular complexity index is 1130. The molecular formula is C33H49BrN2OSi. The van der Waals surface area contributed by atoms with Crippen LogP contribution < -0.4 is 22.3 Å². The molecule has 4 atom stereocenters. The molecule has 0 aliphatic carbocycles. The van der Waals surface area contributed by atoms with Crippen molar-refractivity contribution >= 4 is 14.0 Å². The summed E-state index contributed by atoms with van der Waals surface area (Å²) in [4.78, 5) is 0. The molecule has 0 amide bonds. The van der Waals surface area contributed by atoms with E-state index < -0.39 is 8.32 Å². The molecule has 3 nitrogen and oxygen atoms in total. The fourth-order valence-electron chi connectivity index (χ4n) is 7.17. The molecule has 0 aromatic heterocycles.